The molecule has 0 aromatic heterocycles. The zero-order valence-electron chi connectivity index (χ0n) is 10.8. The summed E-state index contributed by atoms with van der Waals surface area (Å²) in [4.78, 5) is 0. The van der Waals surface area contributed by atoms with E-state index in [1.165, 1.54) is 0 Å². The van der Waals surface area contributed by atoms with Crippen LogP contribution in [0.15, 0.2) is 0 Å². The van der Waals surface area contributed by atoms with Crippen LogP contribution in [0.4, 0.5) is 0 Å². The van der Waals surface area contributed by atoms with Crippen molar-refractivity contribution >= 4 is 10.0 Å². The molecule has 5 nitrogen and oxygen atoms in total. The molecule has 0 spiro atoms. The third-order valence-corrected chi connectivity index (χ3v) is 4.74. The number of sulfonamides is 1. The highest BCUT2D eigenvalue weighted by atomic mass is 32.2. The first-order chi connectivity index (χ1) is 8.04. The molecule has 0 amide bonds. The van der Waals surface area contributed by atoms with Crippen molar-refractivity contribution in [1.82, 2.24) is 10.0 Å². The highest BCUT2D eigenvalue weighted by Gasteiger charge is 2.37. The van der Waals surface area contributed by atoms with Gasteiger partial charge in [0.25, 0.3) is 0 Å². The monoisotopic (exact) mass is 264 g/mol. The second-order valence-electron chi connectivity index (χ2n) is 4.59. The molecule has 0 saturated heterocycles. The van der Waals surface area contributed by atoms with Gasteiger partial charge in [-0.1, -0.05) is 6.92 Å². The van der Waals surface area contributed by atoms with Crippen LogP contribution in [0, 0.1) is 0 Å². The van der Waals surface area contributed by atoms with Gasteiger partial charge in [0.2, 0.25) is 10.0 Å². The van der Waals surface area contributed by atoms with Crippen molar-refractivity contribution in [3.8, 4) is 0 Å². The van der Waals surface area contributed by atoms with Gasteiger partial charge in [-0.3, -0.25) is 0 Å². The predicted octanol–water partition coefficient (Wildman–Crippen LogP) is 0.475. The molecule has 0 aromatic carbocycles. The maximum Gasteiger partial charge on any atom is 0.211 e. The van der Waals surface area contributed by atoms with Gasteiger partial charge in [-0.25, -0.2) is 13.1 Å². The number of rotatable bonds is 9. The molecule has 2 N–H and O–H groups in total. The first kappa shape index (κ1) is 14.9. The molecule has 0 heterocycles. The fraction of sp³-hybridized carbons (Fsp3) is 1.00. The molecule has 1 aliphatic carbocycles. The van der Waals surface area contributed by atoms with Gasteiger partial charge in [0, 0.05) is 13.7 Å². The van der Waals surface area contributed by atoms with Gasteiger partial charge < -0.3 is 10.1 Å². The molecule has 0 bridgehead atoms. The van der Waals surface area contributed by atoms with Gasteiger partial charge in [-0.15, -0.1) is 0 Å². The number of hydrogen-bond donors (Lipinski definition) is 2. The predicted molar refractivity (Wildman–Crippen MR) is 68.5 cm³/mol. The summed E-state index contributed by atoms with van der Waals surface area (Å²) in [7, 11) is -1.50. The summed E-state index contributed by atoms with van der Waals surface area (Å²) < 4.78 is 31.4. The van der Waals surface area contributed by atoms with E-state index in [2.05, 4.69) is 10.0 Å². The molecule has 0 aliphatic heterocycles. The Balaban J connectivity index is 2.24. The Bertz CT molecular complexity index is 307. The van der Waals surface area contributed by atoms with E-state index in [0.717, 1.165) is 32.4 Å². The molecular weight excluding hydrogens is 240 g/mol. The number of nitrogens with one attached hydrogen (secondary N) is 2. The SMILES string of the molecule is CCNCCCS(=O)(=O)NCC1(OC)CCC1. The van der Waals surface area contributed by atoms with Crippen molar-refractivity contribution < 1.29 is 13.2 Å². The lowest BCUT2D eigenvalue weighted by atomic mass is 9.80. The van der Waals surface area contributed by atoms with E-state index in [0.29, 0.717) is 13.0 Å². The smallest absolute Gasteiger partial charge is 0.211 e. The molecule has 1 rings (SSSR count). The van der Waals surface area contributed by atoms with Crippen LogP contribution < -0.4 is 10.0 Å². The van der Waals surface area contributed by atoms with Crippen LogP contribution in [0.25, 0.3) is 0 Å². The summed E-state index contributed by atoms with van der Waals surface area (Å²) >= 11 is 0. The highest BCUT2D eigenvalue weighted by Crippen LogP contribution is 2.34. The summed E-state index contributed by atoms with van der Waals surface area (Å²) in [5, 5.41) is 3.11. The summed E-state index contributed by atoms with van der Waals surface area (Å²) in [5.41, 5.74) is -0.241. The van der Waals surface area contributed by atoms with Gasteiger partial charge >= 0.3 is 0 Å². The van der Waals surface area contributed by atoms with Gasteiger partial charge in [0.05, 0.1) is 11.4 Å². The van der Waals surface area contributed by atoms with Crippen LogP contribution in [0.3, 0.4) is 0 Å². The Labute approximate surface area is 104 Å². The second kappa shape index (κ2) is 6.68. The topological polar surface area (TPSA) is 67.4 Å². The highest BCUT2D eigenvalue weighted by molar-refractivity contribution is 7.89. The molecule has 6 heteroatoms. The number of hydrogen-bond acceptors (Lipinski definition) is 4. The minimum absolute atomic E-state index is 0.180. The van der Waals surface area contributed by atoms with Crippen LogP contribution in [0.2, 0.25) is 0 Å². The first-order valence-corrected chi connectivity index (χ1v) is 7.92. The number of ether oxygens (including phenoxy) is 1. The van der Waals surface area contributed by atoms with Crippen molar-refractivity contribution in [2.24, 2.45) is 0 Å². The van der Waals surface area contributed by atoms with Crippen LogP contribution in [-0.2, 0) is 14.8 Å². The van der Waals surface area contributed by atoms with Crippen LogP contribution in [-0.4, -0.2) is 46.5 Å². The molecule has 1 saturated carbocycles. The second-order valence-corrected chi connectivity index (χ2v) is 6.51. The molecule has 0 atom stereocenters. The third kappa shape index (κ3) is 4.91. The third-order valence-electron chi connectivity index (χ3n) is 3.33. The minimum Gasteiger partial charge on any atom is -0.377 e. The van der Waals surface area contributed by atoms with E-state index in [1.54, 1.807) is 7.11 Å². The quantitative estimate of drug-likeness (QED) is 0.594. The van der Waals surface area contributed by atoms with Crippen LogP contribution in [0.5, 0.6) is 0 Å². The summed E-state index contributed by atoms with van der Waals surface area (Å²) in [6, 6.07) is 0. The Hall–Kier alpha value is -0.170. The van der Waals surface area contributed by atoms with E-state index in [9.17, 15) is 8.42 Å². The molecule has 0 unspecified atom stereocenters. The Morgan fingerprint density at radius 1 is 1.35 bits per heavy atom. The lowest BCUT2D eigenvalue weighted by Crippen LogP contribution is -2.49. The van der Waals surface area contributed by atoms with Crippen molar-refractivity contribution in [2.75, 3.05) is 32.5 Å². The molecule has 102 valence electrons. The lowest BCUT2D eigenvalue weighted by Gasteiger charge is -2.40. The molecular formula is C11H24N2O3S. The van der Waals surface area contributed by atoms with Crippen molar-refractivity contribution in [3.05, 3.63) is 0 Å². The Morgan fingerprint density at radius 2 is 2.06 bits per heavy atom. The Morgan fingerprint density at radius 3 is 2.53 bits per heavy atom. The summed E-state index contributed by atoms with van der Waals surface area (Å²) in [6.45, 7) is 4.03. The van der Waals surface area contributed by atoms with Crippen molar-refractivity contribution in [3.63, 3.8) is 0 Å². The largest absolute Gasteiger partial charge is 0.377 e. The average Bonchev–Trinajstić information content (AvgIpc) is 2.24. The van der Waals surface area contributed by atoms with Gasteiger partial charge in [-0.2, -0.15) is 0 Å². The summed E-state index contributed by atoms with van der Waals surface area (Å²) in [6.07, 6.45) is 3.66. The average molecular weight is 264 g/mol. The lowest BCUT2D eigenvalue weighted by molar-refractivity contribution is -0.0659. The fourth-order valence-corrected chi connectivity index (χ4v) is 3.05. The van der Waals surface area contributed by atoms with E-state index >= 15 is 0 Å². The van der Waals surface area contributed by atoms with E-state index in [1.807, 2.05) is 6.92 Å². The van der Waals surface area contributed by atoms with E-state index < -0.39 is 10.0 Å². The number of methoxy groups -OCH3 is 1. The van der Waals surface area contributed by atoms with Crippen LogP contribution in [0.1, 0.15) is 32.6 Å². The van der Waals surface area contributed by atoms with Gasteiger partial charge in [0.15, 0.2) is 0 Å². The van der Waals surface area contributed by atoms with E-state index in [-0.39, 0.29) is 11.4 Å². The minimum atomic E-state index is -3.15. The molecule has 17 heavy (non-hydrogen) atoms. The fourth-order valence-electron chi connectivity index (χ4n) is 1.90. The molecule has 0 radical (unpaired) electrons. The molecule has 1 fully saturated rings. The summed E-state index contributed by atoms with van der Waals surface area (Å²) in [5.74, 6) is 0.180. The maximum atomic E-state index is 11.7. The van der Waals surface area contributed by atoms with E-state index in [4.69, 9.17) is 4.74 Å². The molecule has 1 aliphatic rings. The van der Waals surface area contributed by atoms with Crippen LogP contribution >= 0.6 is 0 Å². The van der Waals surface area contributed by atoms with Gasteiger partial charge in [0.1, 0.15) is 0 Å². The zero-order chi connectivity index (χ0) is 12.8. The first-order valence-electron chi connectivity index (χ1n) is 6.27. The van der Waals surface area contributed by atoms with Crippen molar-refractivity contribution in [2.45, 2.75) is 38.2 Å². The zero-order valence-corrected chi connectivity index (χ0v) is 11.6. The normalized spacial score (nSPS) is 18.9. The van der Waals surface area contributed by atoms with Crippen molar-refractivity contribution in [1.29, 1.82) is 0 Å². The Kier molecular flexibility index (Phi) is 5.85. The molecule has 0 aromatic rings. The maximum absolute atomic E-state index is 11.7. The standard InChI is InChI=1S/C11H24N2O3S/c1-3-12-8-5-9-17(14,15)13-10-11(16-2)6-4-7-11/h12-13H,3-10H2,1-2H3. The van der Waals surface area contributed by atoms with Gasteiger partial charge in [-0.05, 0) is 38.8 Å².